The Morgan fingerprint density at radius 3 is 2.70 bits per heavy atom. The second kappa shape index (κ2) is 8.66. The van der Waals surface area contributed by atoms with Gasteiger partial charge in [-0.3, -0.25) is 14.6 Å². The van der Waals surface area contributed by atoms with E-state index in [-0.39, 0.29) is 11.8 Å². The molecule has 1 atom stereocenters. The molecular formula is C21H26N4O2. The molecule has 1 unspecified atom stereocenters. The Morgan fingerprint density at radius 2 is 1.93 bits per heavy atom. The predicted molar refractivity (Wildman–Crippen MR) is 107 cm³/mol. The van der Waals surface area contributed by atoms with E-state index >= 15 is 0 Å². The number of likely N-dealkylation sites (tertiary alicyclic amines) is 1. The molecule has 1 aromatic carbocycles. The number of nitrogens with zero attached hydrogens (tertiary/aromatic N) is 2. The van der Waals surface area contributed by atoms with Crippen molar-refractivity contribution in [1.82, 2.24) is 9.88 Å². The molecule has 0 spiro atoms. The Bertz CT molecular complexity index is 821. The van der Waals surface area contributed by atoms with E-state index in [0.717, 1.165) is 42.9 Å². The van der Waals surface area contributed by atoms with Crippen molar-refractivity contribution in [1.29, 1.82) is 0 Å². The molecule has 0 radical (unpaired) electrons. The van der Waals surface area contributed by atoms with E-state index in [2.05, 4.69) is 22.5 Å². The molecule has 2 heterocycles. The van der Waals surface area contributed by atoms with Crippen LogP contribution in [-0.2, 0) is 4.79 Å². The molecule has 0 bridgehead atoms. The largest absolute Gasteiger partial charge is 0.355 e. The molecule has 142 valence electrons. The van der Waals surface area contributed by atoms with Gasteiger partial charge in [0.1, 0.15) is 5.69 Å². The highest BCUT2D eigenvalue weighted by Crippen LogP contribution is 2.24. The van der Waals surface area contributed by atoms with Gasteiger partial charge in [0, 0.05) is 42.8 Å². The van der Waals surface area contributed by atoms with Crippen molar-refractivity contribution >= 4 is 28.9 Å². The van der Waals surface area contributed by atoms with Crippen LogP contribution in [0.25, 0.3) is 0 Å². The summed E-state index contributed by atoms with van der Waals surface area (Å²) in [7, 11) is 0. The third-order valence-electron chi connectivity index (χ3n) is 4.81. The lowest BCUT2D eigenvalue weighted by atomic mass is 9.99. The van der Waals surface area contributed by atoms with Crippen molar-refractivity contribution in [3.05, 3.63) is 48.3 Å². The summed E-state index contributed by atoms with van der Waals surface area (Å²) in [5.41, 5.74) is 2.80. The third-order valence-corrected chi connectivity index (χ3v) is 4.81. The molecule has 6 heteroatoms. The maximum absolute atomic E-state index is 12.9. The summed E-state index contributed by atoms with van der Waals surface area (Å²) >= 11 is 0. The summed E-state index contributed by atoms with van der Waals surface area (Å²) in [4.78, 5) is 30.4. The summed E-state index contributed by atoms with van der Waals surface area (Å²) in [6.07, 6.45) is 5.92. The molecular weight excluding hydrogens is 340 g/mol. The third kappa shape index (κ3) is 4.84. The number of pyridine rings is 1. The maximum atomic E-state index is 12.9. The Morgan fingerprint density at radius 1 is 1.15 bits per heavy atom. The SMILES string of the molecule is CCC1CCCCN1C(=O)c1cc(Nc2cccc(NC(C)=O)c2)ccn1. The van der Waals surface area contributed by atoms with Crippen molar-refractivity contribution in [2.24, 2.45) is 0 Å². The summed E-state index contributed by atoms with van der Waals surface area (Å²) in [5, 5.41) is 6.04. The van der Waals surface area contributed by atoms with Gasteiger partial charge in [-0.05, 0) is 56.0 Å². The van der Waals surface area contributed by atoms with E-state index in [1.165, 1.54) is 13.3 Å². The molecule has 1 aromatic heterocycles. The molecule has 1 saturated heterocycles. The smallest absolute Gasteiger partial charge is 0.272 e. The van der Waals surface area contributed by atoms with E-state index in [4.69, 9.17) is 0 Å². The van der Waals surface area contributed by atoms with Crippen LogP contribution in [0.3, 0.4) is 0 Å². The predicted octanol–water partition coefficient (Wildman–Crippen LogP) is 4.19. The van der Waals surface area contributed by atoms with Crippen LogP contribution < -0.4 is 10.6 Å². The average molecular weight is 366 g/mol. The number of rotatable bonds is 5. The minimum atomic E-state index is -0.115. The van der Waals surface area contributed by atoms with E-state index in [1.807, 2.05) is 35.2 Å². The van der Waals surface area contributed by atoms with E-state index in [9.17, 15) is 9.59 Å². The number of amides is 2. The van der Waals surface area contributed by atoms with Gasteiger partial charge in [0.15, 0.2) is 0 Å². The van der Waals surface area contributed by atoms with Crippen LogP contribution in [0.4, 0.5) is 17.1 Å². The number of piperidine rings is 1. The van der Waals surface area contributed by atoms with Crippen LogP contribution in [0.2, 0.25) is 0 Å². The minimum Gasteiger partial charge on any atom is -0.355 e. The van der Waals surface area contributed by atoms with Crippen LogP contribution in [0, 0.1) is 0 Å². The number of carbonyl (C=O) groups excluding carboxylic acids is 2. The molecule has 1 aliphatic rings. The van der Waals surface area contributed by atoms with Gasteiger partial charge in [0.2, 0.25) is 5.91 Å². The molecule has 1 fully saturated rings. The maximum Gasteiger partial charge on any atom is 0.272 e. The number of aromatic nitrogens is 1. The monoisotopic (exact) mass is 366 g/mol. The fourth-order valence-corrected chi connectivity index (χ4v) is 3.51. The van der Waals surface area contributed by atoms with Crippen molar-refractivity contribution < 1.29 is 9.59 Å². The highest BCUT2D eigenvalue weighted by molar-refractivity contribution is 5.93. The van der Waals surface area contributed by atoms with Gasteiger partial charge in [-0.1, -0.05) is 13.0 Å². The van der Waals surface area contributed by atoms with E-state index in [0.29, 0.717) is 11.7 Å². The molecule has 2 amide bonds. The highest BCUT2D eigenvalue weighted by atomic mass is 16.2. The zero-order valence-electron chi connectivity index (χ0n) is 15.9. The second-order valence-corrected chi connectivity index (χ2v) is 6.87. The van der Waals surface area contributed by atoms with Gasteiger partial charge in [-0.25, -0.2) is 0 Å². The molecule has 0 saturated carbocycles. The normalized spacial score (nSPS) is 16.7. The summed E-state index contributed by atoms with van der Waals surface area (Å²) in [6.45, 7) is 4.41. The van der Waals surface area contributed by atoms with Crippen LogP contribution >= 0.6 is 0 Å². The summed E-state index contributed by atoms with van der Waals surface area (Å²) in [6, 6.07) is 11.4. The van der Waals surface area contributed by atoms with Gasteiger partial charge in [0.25, 0.3) is 5.91 Å². The first kappa shape index (κ1) is 18.9. The molecule has 0 aliphatic carbocycles. The van der Waals surface area contributed by atoms with Crippen LogP contribution in [0.1, 0.15) is 50.0 Å². The molecule has 1 aliphatic heterocycles. The first-order valence-corrected chi connectivity index (χ1v) is 9.48. The summed E-state index contributed by atoms with van der Waals surface area (Å²) in [5.74, 6) is -0.117. The van der Waals surface area contributed by atoms with Gasteiger partial charge in [-0.15, -0.1) is 0 Å². The lowest BCUT2D eigenvalue weighted by molar-refractivity contribution is -0.114. The number of benzene rings is 1. The number of carbonyl (C=O) groups is 2. The van der Waals surface area contributed by atoms with Gasteiger partial charge < -0.3 is 15.5 Å². The van der Waals surface area contributed by atoms with Crippen LogP contribution in [0.5, 0.6) is 0 Å². The second-order valence-electron chi connectivity index (χ2n) is 6.87. The van der Waals surface area contributed by atoms with Crippen molar-refractivity contribution in [3.63, 3.8) is 0 Å². The van der Waals surface area contributed by atoms with E-state index < -0.39 is 0 Å². The Kier molecular flexibility index (Phi) is 6.06. The number of anilines is 3. The highest BCUT2D eigenvalue weighted by Gasteiger charge is 2.26. The topological polar surface area (TPSA) is 74.3 Å². The number of hydrogen-bond donors (Lipinski definition) is 2. The quantitative estimate of drug-likeness (QED) is 0.832. The Labute approximate surface area is 160 Å². The number of hydrogen-bond acceptors (Lipinski definition) is 4. The molecule has 2 aromatic rings. The van der Waals surface area contributed by atoms with E-state index in [1.54, 1.807) is 12.3 Å². The first-order chi connectivity index (χ1) is 13.1. The number of nitrogens with one attached hydrogen (secondary N) is 2. The van der Waals surface area contributed by atoms with Gasteiger partial charge in [0.05, 0.1) is 0 Å². The molecule has 27 heavy (non-hydrogen) atoms. The van der Waals surface area contributed by atoms with Crippen LogP contribution in [0.15, 0.2) is 42.6 Å². The fraction of sp³-hybridized carbons (Fsp3) is 0.381. The van der Waals surface area contributed by atoms with Crippen molar-refractivity contribution in [3.8, 4) is 0 Å². The molecule has 6 nitrogen and oxygen atoms in total. The minimum absolute atomic E-state index is 0.00260. The first-order valence-electron chi connectivity index (χ1n) is 9.48. The average Bonchev–Trinajstić information content (AvgIpc) is 2.67. The zero-order valence-corrected chi connectivity index (χ0v) is 15.9. The van der Waals surface area contributed by atoms with Crippen LogP contribution in [-0.4, -0.2) is 34.3 Å². The molecule has 2 N–H and O–H groups in total. The fourth-order valence-electron chi connectivity index (χ4n) is 3.51. The standard InChI is InChI=1S/C21H26N4O2/c1-3-19-9-4-5-12-25(19)21(27)20-14-18(10-11-22-20)24-17-8-6-7-16(13-17)23-15(2)26/h6-8,10-11,13-14,19H,3-5,9,12H2,1-2H3,(H,22,24)(H,23,26). The van der Waals surface area contributed by atoms with Gasteiger partial charge >= 0.3 is 0 Å². The van der Waals surface area contributed by atoms with Gasteiger partial charge in [-0.2, -0.15) is 0 Å². The lowest BCUT2D eigenvalue weighted by Crippen LogP contribution is -2.43. The Balaban J connectivity index is 1.75. The summed E-state index contributed by atoms with van der Waals surface area (Å²) < 4.78 is 0. The molecule has 3 rings (SSSR count). The van der Waals surface area contributed by atoms with Crippen molar-refractivity contribution in [2.45, 2.75) is 45.6 Å². The zero-order chi connectivity index (χ0) is 19.2. The van der Waals surface area contributed by atoms with Crippen molar-refractivity contribution in [2.75, 3.05) is 17.2 Å². The Hall–Kier alpha value is -2.89. The lowest BCUT2D eigenvalue weighted by Gasteiger charge is -2.35.